The first-order valence-electron chi connectivity index (χ1n) is 9.36. The van der Waals surface area contributed by atoms with Gasteiger partial charge in [-0.2, -0.15) is 5.10 Å². The van der Waals surface area contributed by atoms with E-state index in [1.807, 2.05) is 30.5 Å². The van der Waals surface area contributed by atoms with Crippen molar-refractivity contribution >= 4 is 5.69 Å². The standard InChI is InChI=1S/C21H21N3O5/c1-27-19-9-6-16(13-20(19)29-21-3-2-12-28-21)18-10-11-23(22-18)14-15-4-7-17(8-5-15)24(25)26/h4-11,13,21H,2-3,12,14H2,1H3/t21-/m0/s1. The van der Waals surface area contributed by atoms with Crippen LogP contribution in [-0.4, -0.2) is 34.7 Å². The van der Waals surface area contributed by atoms with E-state index in [0.717, 1.165) is 29.7 Å². The minimum atomic E-state index is -0.407. The predicted molar refractivity (Wildman–Crippen MR) is 106 cm³/mol. The molecule has 8 nitrogen and oxygen atoms in total. The third-order valence-corrected chi connectivity index (χ3v) is 4.74. The van der Waals surface area contributed by atoms with Crippen molar-refractivity contribution in [3.05, 3.63) is 70.4 Å². The van der Waals surface area contributed by atoms with Crippen LogP contribution in [0.5, 0.6) is 11.5 Å². The van der Waals surface area contributed by atoms with Crippen molar-refractivity contribution in [3.8, 4) is 22.8 Å². The second kappa shape index (κ2) is 8.32. The van der Waals surface area contributed by atoms with Crippen LogP contribution >= 0.6 is 0 Å². The van der Waals surface area contributed by atoms with Crippen LogP contribution in [0.1, 0.15) is 18.4 Å². The summed E-state index contributed by atoms with van der Waals surface area (Å²) in [7, 11) is 1.61. The molecule has 1 aliphatic heterocycles. The Morgan fingerprint density at radius 1 is 1.21 bits per heavy atom. The first kappa shape index (κ1) is 18.9. The van der Waals surface area contributed by atoms with Crippen LogP contribution in [0.25, 0.3) is 11.3 Å². The van der Waals surface area contributed by atoms with Crippen molar-refractivity contribution in [1.29, 1.82) is 0 Å². The third-order valence-electron chi connectivity index (χ3n) is 4.74. The Hall–Kier alpha value is -3.39. The van der Waals surface area contributed by atoms with Crippen molar-refractivity contribution in [2.24, 2.45) is 0 Å². The Kier molecular flexibility index (Phi) is 5.44. The van der Waals surface area contributed by atoms with Gasteiger partial charge in [0.25, 0.3) is 5.69 Å². The number of methoxy groups -OCH3 is 1. The molecule has 0 unspecified atom stereocenters. The van der Waals surface area contributed by atoms with Gasteiger partial charge in [-0.3, -0.25) is 14.8 Å². The van der Waals surface area contributed by atoms with Crippen molar-refractivity contribution in [2.45, 2.75) is 25.7 Å². The van der Waals surface area contributed by atoms with Crippen molar-refractivity contribution in [3.63, 3.8) is 0 Å². The molecule has 2 aromatic carbocycles. The van der Waals surface area contributed by atoms with E-state index in [-0.39, 0.29) is 12.0 Å². The highest BCUT2D eigenvalue weighted by Crippen LogP contribution is 2.34. The molecular weight excluding hydrogens is 374 g/mol. The van der Waals surface area contributed by atoms with Gasteiger partial charge < -0.3 is 14.2 Å². The topological polar surface area (TPSA) is 88.7 Å². The Morgan fingerprint density at radius 3 is 2.72 bits per heavy atom. The highest BCUT2D eigenvalue weighted by molar-refractivity contribution is 5.63. The van der Waals surface area contributed by atoms with E-state index in [0.29, 0.717) is 24.7 Å². The second-order valence-corrected chi connectivity index (χ2v) is 6.75. The summed E-state index contributed by atoms with van der Waals surface area (Å²) in [5, 5.41) is 15.4. The van der Waals surface area contributed by atoms with Gasteiger partial charge in [0.05, 0.1) is 30.9 Å². The molecule has 2 heterocycles. The van der Waals surface area contributed by atoms with Crippen molar-refractivity contribution < 1.29 is 19.1 Å². The monoisotopic (exact) mass is 395 g/mol. The lowest BCUT2D eigenvalue weighted by Crippen LogP contribution is -2.14. The molecule has 8 heteroatoms. The first-order chi connectivity index (χ1) is 14.1. The van der Waals surface area contributed by atoms with Gasteiger partial charge in [0, 0.05) is 30.3 Å². The molecule has 29 heavy (non-hydrogen) atoms. The van der Waals surface area contributed by atoms with Gasteiger partial charge >= 0.3 is 0 Å². The summed E-state index contributed by atoms with van der Waals surface area (Å²) in [6.45, 7) is 1.23. The molecule has 0 amide bonds. The fourth-order valence-electron chi connectivity index (χ4n) is 3.22. The third kappa shape index (κ3) is 4.38. The summed E-state index contributed by atoms with van der Waals surface area (Å²) in [5.41, 5.74) is 2.71. The van der Waals surface area contributed by atoms with Crippen LogP contribution in [0.4, 0.5) is 5.69 Å². The number of nitro groups is 1. The summed E-state index contributed by atoms with van der Waals surface area (Å²) < 4.78 is 18.7. The Labute approximate surface area is 167 Å². The van der Waals surface area contributed by atoms with Gasteiger partial charge in [-0.1, -0.05) is 12.1 Å². The summed E-state index contributed by atoms with van der Waals surface area (Å²) in [5.74, 6) is 1.27. The van der Waals surface area contributed by atoms with Gasteiger partial charge in [-0.15, -0.1) is 0 Å². The summed E-state index contributed by atoms with van der Waals surface area (Å²) in [6, 6.07) is 14.1. The lowest BCUT2D eigenvalue weighted by Gasteiger charge is -2.16. The summed E-state index contributed by atoms with van der Waals surface area (Å²) >= 11 is 0. The number of hydrogen-bond donors (Lipinski definition) is 0. The lowest BCUT2D eigenvalue weighted by molar-refractivity contribution is -0.384. The van der Waals surface area contributed by atoms with Crippen molar-refractivity contribution in [2.75, 3.05) is 13.7 Å². The van der Waals surface area contributed by atoms with Gasteiger partial charge in [0.15, 0.2) is 17.8 Å². The van der Waals surface area contributed by atoms with Gasteiger partial charge in [0.2, 0.25) is 0 Å². The van der Waals surface area contributed by atoms with E-state index < -0.39 is 4.92 Å². The zero-order valence-corrected chi connectivity index (χ0v) is 16.0. The molecule has 3 aromatic rings. The summed E-state index contributed by atoms with van der Waals surface area (Å²) in [4.78, 5) is 10.4. The molecule has 1 saturated heterocycles. The van der Waals surface area contributed by atoms with Gasteiger partial charge in [-0.25, -0.2) is 0 Å². The Bertz CT molecular complexity index is 994. The minimum absolute atomic E-state index is 0.0758. The number of benzene rings is 2. The van der Waals surface area contributed by atoms with E-state index in [1.54, 1.807) is 23.9 Å². The van der Waals surface area contributed by atoms with E-state index in [2.05, 4.69) is 5.10 Å². The number of nitro benzene ring substituents is 1. The SMILES string of the molecule is COc1ccc(-c2ccn(Cc3ccc([N+](=O)[O-])cc3)n2)cc1O[C@H]1CCCO1. The molecule has 1 aliphatic rings. The lowest BCUT2D eigenvalue weighted by atomic mass is 10.1. The Balaban J connectivity index is 1.51. The zero-order valence-electron chi connectivity index (χ0n) is 16.0. The Morgan fingerprint density at radius 2 is 2.03 bits per heavy atom. The number of aromatic nitrogens is 2. The fraction of sp³-hybridized carbons (Fsp3) is 0.286. The predicted octanol–water partition coefficient (Wildman–Crippen LogP) is 4.03. The highest BCUT2D eigenvalue weighted by atomic mass is 16.7. The average Bonchev–Trinajstić information content (AvgIpc) is 3.40. The van der Waals surface area contributed by atoms with Crippen molar-refractivity contribution in [1.82, 2.24) is 9.78 Å². The largest absolute Gasteiger partial charge is 0.493 e. The molecule has 1 fully saturated rings. The normalized spacial score (nSPS) is 16.0. The number of rotatable bonds is 7. The molecular formula is C21H21N3O5. The number of nitrogens with zero attached hydrogens (tertiary/aromatic N) is 3. The van der Waals surface area contributed by atoms with Crippen LogP contribution in [0.15, 0.2) is 54.7 Å². The molecule has 1 aromatic heterocycles. The van der Waals surface area contributed by atoms with E-state index in [1.165, 1.54) is 12.1 Å². The number of hydrogen-bond acceptors (Lipinski definition) is 6. The molecule has 0 radical (unpaired) electrons. The maximum absolute atomic E-state index is 10.8. The molecule has 0 aliphatic carbocycles. The molecule has 0 bridgehead atoms. The smallest absolute Gasteiger partial charge is 0.269 e. The van der Waals surface area contributed by atoms with Gasteiger partial charge in [0.1, 0.15) is 0 Å². The van der Waals surface area contributed by atoms with Crippen LogP contribution in [0, 0.1) is 10.1 Å². The van der Waals surface area contributed by atoms with E-state index in [4.69, 9.17) is 14.2 Å². The number of ether oxygens (including phenoxy) is 3. The van der Waals surface area contributed by atoms with Crippen LogP contribution in [-0.2, 0) is 11.3 Å². The van der Waals surface area contributed by atoms with Crippen LogP contribution in [0.2, 0.25) is 0 Å². The number of non-ortho nitro benzene ring substituents is 1. The quantitative estimate of drug-likeness (QED) is 0.443. The minimum Gasteiger partial charge on any atom is -0.493 e. The average molecular weight is 395 g/mol. The first-order valence-corrected chi connectivity index (χ1v) is 9.36. The molecule has 150 valence electrons. The van der Waals surface area contributed by atoms with Crippen LogP contribution < -0.4 is 9.47 Å². The van der Waals surface area contributed by atoms with Gasteiger partial charge in [-0.05, 0) is 36.2 Å². The van der Waals surface area contributed by atoms with E-state index >= 15 is 0 Å². The molecule has 4 rings (SSSR count). The molecule has 0 saturated carbocycles. The highest BCUT2D eigenvalue weighted by Gasteiger charge is 2.19. The molecule has 0 N–H and O–H groups in total. The molecule has 0 spiro atoms. The second-order valence-electron chi connectivity index (χ2n) is 6.75. The van der Waals surface area contributed by atoms with E-state index in [9.17, 15) is 10.1 Å². The maximum Gasteiger partial charge on any atom is 0.269 e. The zero-order chi connectivity index (χ0) is 20.2. The fourth-order valence-corrected chi connectivity index (χ4v) is 3.22. The summed E-state index contributed by atoms with van der Waals surface area (Å²) in [6.07, 6.45) is 3.47. The maximum atomic E-state index is 10.8. The molecule has 1 atom stereocenters. The van der Waals surface area contributed by atoms with Crippen LogP contribution in [0.3, 0.4) is 0 Å².